The second-order valence-corrected chi connectivity index (χ2v) is 6.27. The number of carbonyl (C=O) groups is 1. The number of anilines is 1. The van der Waals surface area contributed by atoms with E-state index in [-0.39, 0.29) is 5.91 Å². The van der Waals surface area contributed by atoms with Gasteiger partial charge in [-0.1, -0.05) is 30.3 Å². The Bertz CT molecular complexity index is 642. The molecule has 0 radical (unpaired) electrons. The summed E-state index contributed by atoms with van der Waals surface area (Å²) in [6.45, 7) is 2.51. The van der Waals surface area contributed by atoms with Gasteiger partial charge in [0, 0.05) is 25.3 Å². The molecule has 0 heterocycles. The topological polar surface area (TPSA) is 58.8 Å². The summed E-state index contributed by atoms with van der Waals surface area (Å²) in [6.07, 6.45) is 0.352. The molecule has 0 bridgehead atoms. The van der Waals surface area contributed by atoms with Gasteiger partial charge in [-0.25, -0.2) is 0 Å². The molecule has 2 aromatic carbocycles. The van der Waals surface area contributed by atoms with Crippen LogP contribution in [-0.2, 0) is 11.3 Å². The second-order valence-electron chi connectivity index (χ2n) is 6.27. The summed E-state index contributed by atoms with van der Waals surface area (Å²) < 4.78 is 5.64. The zero-order valence-corrected chi connectivity index (χ0v) is 15.0. The summed E-state index contributed by atoms with van der Waals surface area (Å²) in [7, 11) is 4.02. The molecule has 2 aromatic rings. The van der Waals surface area contributed by atoms with Crippen LogP contribution in [-0.4, -0.2) is 49.5 Å². The SMILES string of the molecule is CN(C)CCN(Cc1ccccc1)C(=O)CCOc1ccc(N)cc1. The number of amides is 1. The molecule has 0 aromatic heterocycles. The highest BCUT2D eigenvalue weighted by Gasteiger charge is 2.14. The summed E-state index contributed by atoms with van der Waals surface area (Å²) in [5.41, 5.74) is 7.48. The van der Waals surface area contributed by atoms with Crippen LogP contribution in [0.25, 0.3) is 0 Å². The highest BCUT2D eigenvalue weighted by atomic mass is 16.5. The summed E-state index contributed by atoms with van der Waals surface area (Å²) in [4.78, 5) is 16.6. The Kier molecular flexibility index (Phi) is 7.29. The fraction of sp³-hybridized carbons (Fsp3) is 0.350. The lowest BCUT2D eigenvalue weighted by molar-refractivity contribution is -0.132. The van der Waals surface area contributed by atoms with Gasteiger partial charge >= 0.3 is 0 Å². The van der Waals surface area contributed by atoms with E-state index < -0.39 is 0 Å². The minimum atomic E-state index is 0.0983. The number of nitrogens with zero attached hydrogens (tertiary/aromatic N) is 2. The van der Waals surface area contributed by atoms with E-state index in [0.717, 1.165) is 17.9 Å². The van der Waals surface area contributed by atoms with E-state index in [0.29, 0.717) is 31.8 Å². The Morgan fingerprint density at radius 2 is 1.68 bits per heavy atom. The van der Waals surface area contributed by atoms with Gasteiger partial charge in [0.2, 0.25) is 5.91 Å². The molecule has 0 saturated heterocycles. The molecular formula is C20H27N3O2. The van der Waals surface area contributed by atoms with Crippen molar-refractivity contribution >= 4 is 11.6 Å². The fourth-order valence-electron chi connectivity index (χ4n) is 2.39. The van der Waals surface area contributed by atoms with E-state index >= 15 is 0 Å². The molecule has 0 saturated carbocycles. The minimum absolute atomic E-state index is 0.0983. The van der Waals surface area contributed by atoms with Crippen LogP contribution in [0.2, 0.25) is 0 Å². The van der Waals surface area contributed by atoms with Gasteiger partial charge in [0.1, 0.15) is 5.75 Å². The molecule has 2 rings (SSSR count). The lowest BCUT2D eigenvalue weighted by atomic mass is 10.2. The highest BCUT2D eigenvalue weighted by molar-refractivity contribution is 5.76. The number of nitrogen functional groups attached to an aromatic ring is 1. The number of nitrogens with two attached hydrogens (primary N) is 1. The number of hydrogen-bond acceptors (Lipinski definition) is 4. The average molecular weight is 341 g/mol. The maximum atomic E-state index is 12.6. The summed E-state index contributed by atoms with van der Waals surface area (Å²) in [5, 5.41) is 0. The first kappa shape index (κ1) is 18.8. The monoisotopic (exact) mass is 341 g/mol. The van der Waals surface area contributed by atoms with Crippen LogP contribution in [0, 0.1) is 0 Å². The maximum Gasteiger partial charge on any atom is 0.226 e. The molecule has 1 amide bonds. The van der Waals surface area contributed by atoms with Crippen molar-refractivity contribution < 1.29 is 9.53 Å². The van der Waals surface area contributed by atoms with Gasteiger partial charge < -0.3 is 20.3 Å². The van der Waals surface area contributed by atoms with Crippen molar-refractivity contribution in [2.75, 3.05) is 39.5 Å². The Hall–Kier alpha value is -2.53. The molecule has 0 spiro atoms. The number of rotatable bonds is 9. The third-order valence-corrected chi connectivity index (χ3v) is 3.85. The molecule has 2 N–H and O–H groups in total. The molecule has 0 atom stereocenters. The Morgan fingerprint density at radius 1 is 1.00 bits per heavy atom. The third-order valence-electron chi connectivity index (χ3n) is 3.85. The van der Waals surface area contributed by atoms with Gasteiger partial charge in [-0.05, 0) is 43.9 Å². The maximum absolute atomic E-state index is 12.6. The summed E-state index contributed by atoms with van der Waals surface area (Å²) in [6, 6.07) is 17.3. The number of carbonyl (C=O) groups excluding carboxylic acids is 1. The van der Waals surface area contributed by atoms with Gasteiger partial charge in [0.15, 0.2) is 0 Å². The predicted molar refractivity (Wildman–Crippen MR) is 101 cm³/mol. The van der Waals surface area contributed by atoms with Crippen molar-refractivity contribution in [1.29, 1.82) is 0 Å². The number of benzene rings is 2. The first-order valence-electron chi connectivity index (χ1n) is 8.49. The van der Waals surface area contributed by atoms with Crippen molar-refractivity contribution in [3.05, 3.63) is 60.2 Å². The summed E-state index contributed by atoms with van der Waals surface area (Å²) in [5.74, 6) is 0.825. The summed E-state index contributed by atoms with van der Waals surface area (Å²) >= 11 is 0. The zero-order valence-electron chi connectivity index (χ0n) is 15.0. The molecule has 0 fully saturated rings. The fourth-order valence-corrected chi connectivity index (χ4v) is 2.39. The Labute approximate surface area is 150 Å². The lowest BCUT2D eigenvalue weighted by Gasteiger charge is -2.24. The molecule has 5 nitrogen and oxygen atoms in total. The molecule has 0 aliphatic rings. The van der Waals surface area contributed by atoms with E-state index in [9.17, 15) is 4.79 Å². The van der Waals surface area contributed by atoms with Crippen molar-refractivity contribution in [2.24, 2.45) is 0 Å². The van der Waals surface area contributed by atoms with Gasteiger partial charge in [-0.2, -0.15) is 0 Å². The van der Waals surface area contributed by atoms with Crippen LogP contribution in [0.15, 0.2) is 54.6 Å². The van der Waals surface area contributed by atoms with Gasteiger partial charge in [-0.3, -0.25) is 4.79 Å². The van der Waals surface area contributed by atoms with E-state index in [1.165, 1.54) is 0 Å². The van der Waals surface area contributed by atoms with Crippen molar-refractivity contribution in [3.63, 3.8) is 0 Å². The van der Waals surface area contributed by atoms with E-state index in [1.807, 2.05) is 61.5 Å². The van der Waals surface area contributed by atoms with Crippen LogP contribution in [0.4, 0.5) is 5.69 Å². The Balaban J connectivity index is 1.88. The molecule has 25 heavy (non-hydrogen) atoms. The van der Waals surface area contributed by atoms with Crippen molar-refractivity contribution in [2.45, 2.75) is 13.0 Å². The Morgan fingerprint density at radius 3 is 2.32 bits per heavy atom. The molecule has 134 valence electrons. The van der Waals surface area contributed by atoms with Crippen LogP contribution in [0.3, 0.4) is 0 Å². The van der Waals surface area contributed by atoms with Crippen LogP contribution >= 0.6 is 0 Å². The predicted octanol–water partition coefficient (Wildman–Crippen LogP) is 2.63. The minimum Gasteiger partial charge on any atom is -0.493 e. The van der Waals surface area contributed by atoms with E-state index in [2.05, 4.69) is 4.90 Å². The quantitative estimate of drug-likeness (QED) is 0.712. The van der Waals surface area contributed by atoms with E-state index in [4.69, 9.17) is 10.5 Å². The highest BCUT2D eigenvalue weighted by Crippen LogP contribution is 2.13. The third kappa shape index (κ3) is 6.85. The lowest BCUT2D eigenvalue weighted by Crippen LogP contribution is -2.36. The molecule has 0 unspecified atom stereocenters. The van der Waals surface area contributed by atoms with Crippen LogP contribution in [0.1, 0.15) is 12.0 Å². The largest absolute Gasteiger partial charge is 0.493 e. The van der Waals surface area contributed by atoms with Crippen molar-refractivity contribution in [3.8, 4) is 5.75 Å². The van der Waals surface area contributed by atoms with E-state index in [1.54, 1.807) is 12.1 Å². The normalized spacial score (nSPS) is 10.7. The first-order valence-corrected chi connectivity index (χ1v) is 8.49. The molecule has 0 aliphatic carbocycles. The molecule has 5 heteroatoms. The van der Waals surface area contributed by atoms with Crippen LogP contribution in [0.5, 0.6) is 5.75 Å². The van der Waals surface area contributed by atoms with Gasteiger partial charge in [0.05, 0.1) is 13.0 Å². The van der Waals surface area contributed by atoms with Gasteiger partial charge in [-0.15, -0.1) is 0 Å². The second kappa shape index (κ2) is 9.69. The van der Waals surface area contributed by atoms with Crippen molar-refractivity contribution in [1.82, 2.24) is 9.80 Å². The standard InChI is InChI=1S/C20H27N3O2/c1-22(2)13-14-23(16-17-6-4-3-5-7-17)20(24)12-15-25-19-10-8-18(21)9-11-19/h3-11H,12-16,21H2,1-2H3. The zero-order chi connectivity index (χ0) is 18.1. The molecule has 0 aliphatic heterocycles. The number of ether oxygens (including phenoxy) is 1. The number of hydrogen-bond donors (Lipinski definition) is 1. The van der Waals surface area contributed by atoms with Gasteiger partial charge in [0.25, 0.3) is 0 Å². The number of likely N-dealkylation sites (N-methyl/N-ethyl adjacent to an activating group) is 1. The average Bonchev–Trinajstić information content (AvgIpc) is 2.61. The molecular weight excluding hydrogens is 314 g/mol. The van der Waals surface area contributed by atoms with Crippen LogP contribution < -0.4 is 10.5 Å². The first-order chi connectivity index (χ1) is 12.0. The smallest absolute Gasteiger partial charge is 0.226 e.